The highest BCUT2D eigenvalue weighted by atomic mass is 127. The van der Waals surface area contributed by atoms with Crippen molar-refractivity contribution >= 4 is 41.3 Å². The Kier molecular flexibility index (Phi) is 8.63. The van der Waals surface area contributed by atoms with Gasteiger partial charge in [0.2, 0.25) is 0 Å². The van der Waals surface area contributed by atoms with E-state index in [4.69, 9.17) is 4.74 Å². The van der Waals surface area contributed by atoms with Crippen molar-refractivity contribution in [1.82, 2.24) is 15.5 Å². The SMILES string of the molecule is CN=C(NCC1CCCN(C)C1c1cccs1)NCC1(C)CCCO1.I. The van der Waals surface area contributed by atoms with Crippen LogP contribution in [0.4, 0.5) is 0 Å². The summed E-state index contributed by atoms with van der Waals surface area (Å²) in [5.41, 5.74) is -0.0534. The van der Waals surface area contributed by atoms with Gasteiger partial charge in [0.25, 0.3) is 0 Å². The summed E-state index contributed by atoms with van der Waals surface area (Å²) in [5.74, 6) is 1.49. The molecule has 3 unspecified atom stereocenters. The second kappa shape index (κ2) is 10.2. The Morgan fingerprint density at radius 2 is 2.27 bits per heavy atom. The van der Waals surface area contributed by atoms with Crippen LogP contribution < -0.4 is 10.6 Å². The fourth-order valence-corrected chi connectivity index (χ4v) is 5.06. The van der Waals surface area contributed by atoms with Crippen LogP contribution in [0.3, 0.4) is 0 Å². The maximum atomic E-state index is 5.86. The van der Waals surface area contributed by atoms with Crippen molar-refractivity contribution in [2.24, 2.45) is 10.9 Å². The molecule has 0 aliphatic carbocycles. The summed E-state index contributed by atoms with van der Waals surface area (Å²) in [6, 6.07) is 4.95. The van der Waals surface area contributed by atoms with Crippen LogP contribution in [0, 0.1) is 5.92 Å². The average Bonchev–Trinajstić information content (AvgIpc) is 3.27. The lowest BCUT2D eigenvalue weighted by Crippen LogP contribution is -2.48. The topological polar surface area (TPSA) is 48.9 Å². The third-order valence-electron chi connectivity index (χ3n) is 5.53. The van der Waals surface area contributed by atoms with E-state index < -0.39 is 0 Å². The van der Waals surface area contributed by atoms with Gasteiger partial charge in [0.1, 0.15) is 0 Å². The van der Waals surface area contributed by atoms with E-state index in [-0.39, 0.29) is 29.6 Å². The smallest absolute Gasteiger partial charge is 0.191 e. The number of hydrogen-bond acceptors (Lipinski definition) is 4. The largest absolute Gasteiger partial charge is 0.373 e. The molecule has 0 amide bonds. The molecule has 1 aromatic heterocycles. The Balaban J connectivity index is 0.00000243. The van der Waals surface area contributed by atoms with Gasteiger partial charge < -0.3 is 15.4 Å². The Morgan fingerprint density at radius 3 is 2.92 bits per heavy atom. The van der Waals surface area contributed by atoms with Gasteiger partial charge in [-0.15, -0.1) is 35.3 Å². The van der Waals surface area contributed by atoms with Crippen LogP contribution in [0.1, 0.15) is 43.5 Å². The summed E-state index contributed by atoms with van der Waals surface area (Å²) in [5, 5.41) is 9.19. The molecule has 2 fully saturated rings. The summed E-state index contributed by atoms with van der Waals surface area (Å²) in [6.45, 7) is 6.00. The second-order valence-electron chi connectivity index (χ2n) is 7.55. The molecule has 0 aromatic carbocycles. The van der Waals surface area contributed by atoms with E-state index in [9.17, 15) is 0 Å². The number of halogens is 1. The van der Waals surface area contributed by atoms with Gasteiger partial charge in [0.05, 0.1) is 5.60 Å². The molecule has 2 saturated heterocycles. The predicted molar refractivity (Wildman–Crippen MR) is 121 cm³/mol. The number of ether oxygens (including phenoxy) is 1. The molecule has 0 radical (unpaired) electrons. The first-order valence-corrected chi connectivity index (χ1v) is 10.3. The maximum Gasteiger partial charge on any atom is 0.191 e. The Hall–Kier alpha value is -0.380. The van der Waals surface area contributed by atoms with E-state index in [0.29, 0.717) is 12.0 Å². The molecule has 2 aliphatic rings. The van der Waals surface area contributed by atoms with Crippen molar-refractivity contribution < 1.29 is 4.74 Å². The fourth-order valence-electron chi connectivity index (χ4n) is 4.08. The van der Waals surface area contributed by atoms with E-state index in [2.05, 4.69) is 52.0 Å². The molecule has 5 nitrogen and oxygen atoms in total. The average molecular weight is 492 g/mol. The lowest BCUT2D eigenvalue weighted by Gasteiger charge is -2.39. The van der Waals surface area contributed by atoms with Gasteiger partial charge in [-0.1, -0.05) is 6.07 Å². The molecule has 26 heavy (non-hydrogen) atoms. The van der Waals surface area contributed by atoms with Gasteiger partial charge in [0.15, 0.2) is 5.96 Å². The third kappa shape index (κ3) is 5.56. The predicted octanol–water partition coefficient (Wildman–Crippen LogP) is 3.48. The van der Waals surface area contributed by atoms with Crippen LogP contribution in [0.15, 0.2) is 22.5 Å². The van der Waals surface area contributed by atoms with E-state index in [1.807, 2.05) is 18.4 Å². The van der Waals surface area contributed by atoms with Gasteiger partial charge in [-0.2, -0.15) is 0 Å². The zero-order valence-electron chi connectivity index (χ0n) is 16.2. The molecule has 3 rings (SSSR count). The minimum atomic E-state index is -0.0534. The minimum absolute atomic E-state index is 0. The molecule has 2 aliphatic heterocycles. The number of hydrogen-bond donors (Lipinski definition) is 2. The molecule has 0 saturated carbocycles. The highest BCUT2D eigenvalue weighted by Crippen LogP contribution is 2.36. The summed E-state index contributed by atoms with van der Waals surface area (Å²) in [7, 11) is 4.10. The molecule has 3 atom stereocenters. The zero-order chi connectivity index (χ0) is 17.7. The lowest BCUT2D eigenvalue weighted by molar-refractivity contribution is 0.0242. The molecule has 148 valence electrons. The summed E-state index contributed by atoms with van der Waals surface area (Å²) in [4.78, 5) is 8.38. The molecule has 2 N–H and O–H groups in total. The molecule has 7 heteroatoms. The van der Waals surface area contributed by atoms with Gasteiger partial charge in [-0.05, 0) is 63.6 Å². The maximum absolute atomic E-state index is 5.86. The van der Waals surface area contributed by atoms with Crippen LogP contribution >= 0.6 is 35.3 Å². The van der Waals surface area contributed by atoms with Crippen molar-refractivity contribution in [3.05, 3.63) is 22.4 Å². The number of aliphatic imine (C=N–C) groups is 1. The van der Waals surface area contributed by atoms with Crippen LogP contribution in [0.5, 0.6) is 0 Å². The fraction of sp³-hybridized carbons (Fsp3) is 0.737. The highest BCUT2D eigenvalue weighted by Gasteiger charge is 2.32. The van der Waals surface area contributed by atoms with Gasteiger partial charge in [0, 0.05) is 37.7 Å². The first-order valence-electron chi connectivity index (χ1n) is 9.43. The van der Waals surface area contributed by atoms with Crippen molar-refractivity contribution in [2.75, 3.05) is 40.3 Å². The van der Waals surface area contributed by atoms with E-state index in [0.717, 1.165) is 38.5 Å². The second-order valence-corrected chi connectivity index (χ2v) is 8.53. The number of nitrogens with one attached hydrogen (secondary N) is 2. The van der Waals surface area contributed by atoms with Gasteiger partial charge >= 0.3 is 0 Å². The van der Waals surface area contributed by atoms with Gasteiger partial charge in [-0.25, -0.2) is 0 Å². The van der Waals surface area contributed by atoms with E-state index in [1.165, 1.54) is 24.3 Å². The standard InChI is InChI=1S/C19H32N4OS.HI/c1-19(9-6-11-24-19)14-22-18(20-2)21-13-15-7-4-10-23(3)17(15)16-8-5-12-25-16;/h5,8,12,15,17H,4,6-7,9-11,13-14H2,1-3H3,(H2,20,21,22);1H. The van der Waals surface area contributed by atoms with Crippen molar-refractivity contribution in [1.29, 1.82) is 0 Å². The number of piperidine rings is 1. The summed E-state index contributed by atoms with van der Waals surface area (Å²) >= 11 is 1.87. The molecule has 3 heterocycles. The summed E-state index contributed by atoms with van der Waals surface area (Å²) < 4.78 is 5.86. The lowest BCUT2D eigenvalue weighted by atomic mass is 9.88. The molecular weight excluding hydrogens is 459 g/mol. The Morgan fingerprint density at radius 1 is 1.42 bits per heavy atom. The molecule has 0 bridgehead atoms. The van der Waals surface area contributed by atoms with Crippen LogP contribution in [-0.4, -0.2) is 56.8 Å². The minimum Gasteiger partial charge on any atom is -0.373 e. The first kappa shape index (κ1) is 21.9. The van der Waals surface area contributed by atoms with Crippen LogP contribution in [0.2, 0.25) is 0 Å². The first-order chi connectivity index (χ1) is 12.1. The van der Waals surface area contributed by atoms with Crippen molar-refractivity contribution in [3.8, 4) is 0 Å². The number of likely N-dealkylation sites (tertiary alicyclic amines) is 1. The summed E-state index contributed by atoms with van der Waals surface area (Å²) in [6.07, 6.45) is 4.80. The number of thiophene rings is 1. The van der Waals surface area contributed by atoms with Crippen LogP contribution in [-0.2, 0) is 4.74 Å². The van der Waals surface area contributed by atoms with Crippen LogP contribution in [0.25, 0.3) is 0 Å². The molecular formula is C19H33IN4OS. The quantitative estimate of drug-likeness (QED) is 0.376. The van der Waals surface area contributed by atoms with Gasteiger partial charge in [-0.3, -0.25) is 9.89 Å². The monoisotopic (exact) mass is 492 g/mol. The number of rotatable bonds is 5. The van der Waals surface area contributed by atoms with Crippen molar-refractivity contribution in [3.63, 3.8) is 0 Å². The Labute approximate surface area is 179 Å². The van der Waals surface area contributed by atoms with E-state index in [1.54, 1.807) is 0 Å². The normalized spacial score (nSPS) is 30.0. The van der Waals surface area contributed by atoms with Crippen molar-refractivity contribution in [2.45, 2.75) is 44.2 Å². The number of guanidine groups is 1. The van der Waals surface area contributed by atoms with E-state index >= 15 is 0 Å². The third-order valence-corrected chi connectivity index (χ3v) is 6.47. The number of nitrogens with zero attached hydrogens (tertiary/aromatic N) is 2. The zero-order valence-corrected chi connectivity index (χ0v) is 19.3. The molecule has 0 spiro atoms. The Bertz CT molecular complexity index is 560. The highest BCUT2D eigenvalue weighted by molar-refractivity contribution is 14.0. The molecule has 1 aromatic rings.